The molecule has 0 fully saturated rings. The van der Waals surface area contributed by atoms with Crippen molar-refractivity contribution < 1.29 is 39.0 Å². The van der Waals surface area contributed by atoms with Crippen LogP contribution in [0.1, 0.15) is 0 Å². The van der Waals surface area contributed by atoms with Crippen molar-refractivity contribution >= 4 is 43.3 Å². The van der Waals surface area contributed by atoms with Gasteiger partial charge in [-0.1, -0.05) is 39.3 Å². The van der Waals surface area contributed by atoms with Gasteiger partial charge in [0.1, 0.15) is 43.3 Å². The Labute approximate surface area is 132 Å². The van der Waals surface area contributed by atoms with E-state index in [1.807, 2.05) is 27.2 Å². The molecule has 0 saturated heterocycles. The fourth-order valence-corrected chi connectivity index (χ4v) is 3.38. The summed E-state index contributed by atoms with van der Waals surface area (Å²) in [5.74, 6) is 0. The van der Waals surface area contributed by atoms with Crippen molar-refractivity contribution in [2.45, 2.75) is 39.3 Å². The van der Waals surface area contributed by atoms with Crippen LogP contribution in [0.5, 0.6) is 0 Å². The molecular formula is C12H26O4OsSi2. The van der Waals surface area contributed by atoms with Crippen LogP contribution >= 0.6 is 0 Å². The van der Waals surface area contributed by atoms with Gasteiger partial charge in [-0.05, 0) is 0 Å². The Morgan fingerprint density at radius 1 is 0.526 bits per heavy atom. The van der Waals surface area contributed by atoms with E-state index in [2.05, 4.69) is 50.4 Å². The van der Waals surface area contributed by atoms with E-state index in [1.165, 1.54) is 0 Å². The molecule has 0 saturated carbocycles. The third-order valence-corrected chi connectivity index (χ3v) is 2.81. The fourth-order valence-electron chi connectivity index (χ4n) is 0.375. The zero-order valence-electron chi connectivity index (χ0n) is 12.8. The van der Waals surface area contributed by atoms with Gasteiger partial charge in [0.05, 0.1) is 0 Å². The van der Waals surface area contributed by atoms with E-state index in [0.29, 0.717) is 0 Å². The molecule has 0 aliphatic rings. The van der Waals surface area contributed by atoms with Gasteiger partial charge in [0, 0.05) is 19.8 Å². The van der Waals surface area contributed by atoms with Crippen LogP contribution in [0.15, 0.2) is 0 Å². The molecule has 19 heavy (non-hydrogen) atoms. The summed E-state index contributed by atoms with van der Waals surface area (Å²) < 4.78 is 0. The number of rotatable bonds is 0. The van der Waals surface area contributed by atoms with E-state index in [0.717, 1.165) is 0 Å². The minimum atomic E-state index is -1.09. The van der Waals surface area contributed by atoms with Crippen LogP contribution in [0.4, 0.5) is 0 Å². The van der Waals surface area contributed by atoms with Crippen LogP contribution in [0.2, 0.25) is 39.3 Å². The van der Waals surface area contributed by atoms with Crippen molar-refractivity contribution in [1.29, 1.82) is 0 Å². The van der Waals surface area contributed by atoms with Gasteiger partial charge < -0.3 is 19.2 Å². The summed E-state index contributed by atoms with van der Waals surface area (Å²) in [6.45, 7) is 21.8. The Balaban J connectivity index is -0.0000000401. The molecule has 0 N–H and O–H groups in total. The first kappa shape index (κ1) is 36.2. The molecule has 0 unspecified atom stereocenters. The zero-order valence-corrected chi connectivity index (χ0v) is 17.4. The largest absolute Gasteiger partial charge is 0.307 e. The predicted octanol–water partition coefficient (Wildman–Crippen LogP) is 2.00. The number of hydrogen-bond acceptors (Lipinski definition) is 4. The molecule has 0 bridgehead atoms. The average molecular weight is 481 g/mol. The van der Waals surface area contributed by atoms with Crippen molar-refractivity contribution in [3.8, 4) is 11.1 Å². The van der Waals surface area contributed by atoms with E-state index >= 15 is 0 Å². The molecule has 0 rings (SSSR count). The monoisotopic (exact) mass is 482 g/mol. The number of carbonyl (C=O) groups excluding carboxylic acids is 4. The van der Waals surface area contributed by atoms with Gasteiger partial charge in [0.25, 0.3) is 0 Å². The predicted molar refractivity (Wildman–Crippen MR) is 83.0 cm³/mol. The summed E-state index contributed by atoms with van der Waals surface area (Å²) in [7, 11) is -2.19. The second-order valence-corrected chi connectivity index (χ2v) is 14.2. The van der Waals surface area contributed by atoms with Crippen LogP contribution in [-0.2, 0) is 39.0 Å². The van der Waals surface area contributed by atoms with Gasteiger partial charge in [-0.2, -0.15) is 0 Å². The van der Waals surface area contributed by atoms with Crippen molar-refractivity contribution in [1.82, 2.24) is 0 Å². The molecular weight excluding hydrogens is 455 g/mol. The first-order chi connectivity index (χ1) is 8.21. The number of hydrogen-bond donors (Lipinski definition) is 0. The molecule has 114 valence electrons. The Morgan fingerprint density at radius 2 is 0.632 bits per heavy atom. The molecule has 0 aliphatic carbocycles. The van der Waals surface area contributed by atoms with Gasteiger partial charge >= 0.3 is 0 Å². The SMILES string of the molecule is C=O.C=O.C=O.C=O.C[Si](C)(C)C#C[Si](C)(C)C.[Os]. The van der Waals surface area contributed by atoms with Gasteiger partial charge in [0.15, 0.2) is 0 Å². The molecule has 4 nitrogen and oxygen atoms in total. The second kappa shape index (κ2) is 26.0. The molecule has 0 aromatic carbocycles. The third-order valence-electron chi connectivity index (χ3n) is 0.812. The molecule has 7 heteroatoms. The van der Waals surface area contributed by atoms with E-state index in [9.17, 15) is 0 Å². The number of carbonyl (C=O) groups is 4. The van der Waals surface area contributed by atoms with Gasteiger partial charge in [0.2, 0.25) is 0 Å². The quantitative estimate of drug-likeness (QED) is 0.393. The van der Waals surface area contributed by atoms with Crippen molar-refractivity contribution in [3.05, 3.63) is 0 Å². The normalized spacial score (nSPS) is 7.26. The zero-order chi connectivity index (χ0) is 16.4. The molecule has 0 radical (unpaired) electrons. The van der Waals surface area contributed by atoms with Gasteiger partial charge in [-0.25, -0.2) is 0 Å². The van der Waals surface area contributed by atoms with Crippen LogP contribution in [0.25, 0.3) is 0 Å². The Hall–Kier alpha value is -0.690. The van der Waals surface area contributed by atoms with E-state index < -0.39 is 16.1 Å². The summed E-state index contributed by atoms with van der Waals surface area (Å²) >= 11 is 0. The smallest absolute Gasteiger partial charge is 0.128 e. The first-order valence-electron chi connectivity index (χ1n) is 4.90. The van der Waals surface area contributed by atoms with Crippen molar-refractivity contribution in [3.63, 3.8) is 0 Å². The van der Waals surface area contributed by atoms with E-state index in [4.69, 9.17) is 19.2 Å². The average Bonchev–Trinajstić information content (AvgIpc) is 2.35. The second-order valence-electron chi connectivity index (χ2n) is 4.75. The Morgan fingerprint density at radius 3 is 0.684 bits per heavy atom. The van der Waals surface area contributed by atoms with Crippen LogP contribution in [0.3, 0.4) is 0 Å². The molecule has 0 aromatic heterocycles. The van der Waals surface area contributed by atoms with Gasteiger partial charge in [-0.15, -0.1) is 11.1 Å². The van der Waals surface area contributed by atoms with Crippen LogP contribution in [-0.4, -0.2) is 43.3 Å². The maximum atomic E-state index is 8.00. The Kier molecular flexibility index (Phi) is 49.5. The maximum absolute atomic E-state index is 8.00. The maximum Gasteiger partial charge on any atom is 0.128 e. The molecule has 0 aromatic rings. The summed E-state index contributed by atoms with van der Waals surface area (Å²) in [5, 5.41) is 0. The van der Waals surface area contributed by atoms with E-state index in [1.54, 1.807) is 0 Å². The summed E-state index contributed by atoms with van der Waals surface area (Å²) in [4.78, 5) is 32.0. The first-order valence-corrected chi connectivity index (χ1v) is 11.9. The molecule has 0 amide bonds. The van der Waals surface area contributed by atoms with Crippen LogP contribution < -0.4 is 0 Å². The summed E-state index contributed by atoms with van der Waals surface area (Å²) in [6.07, 6.45) is 0. The standard InChI is InChI=1S/C8H18Si2.4CH2O.Os/c1-9(2,3)7-8-10(4,5)6;4*1-2;/h1-6H3;4*1H2;. The molecule has 0 heterocycles. The van der Waals surface area contributed by atoms with E-state index in [-0.39, 0.29) is 19.8 Å². The van der Waals surface area contributed by atoms with Crippen molar-refractivity contribution in [2.75, 3.05) is 0 Å². The van der Waals surface area contributed by atoms with Gasteiger partial charge in [-0.3, -0.25) is 0 Å². The molecule has 0 spiro atoms. The van der Waals surface area contributed by atoms with Crippen molar-refractivity contribution in [2.24, 2.45) is 0 Å². The Bertz CT molecular complexity index is 201. The topological polar surface area (TPSA) is 68.3 Å². The summed E-state index contributed by atoms with van der Waals surface area (Å²) in [6, 6.07) is 0. The minimum absolute atomic E-state index is 0. The summed E-state index contributed by atoms with van der Waals surface area (Å²) in [5.41, 5.74) is 6.82. The minimum Gasteiger partial charge on any atom is -0.307 e. The third kappa shape index (κ3) is 102. The molecule has 0 aliphatic heterocycles. The van der Waals surface area contributed by atoms with Crippen LogP contribution in [0, 0.1) is 11.1 Å². The molecule has 0 atom stereocenters. The fraction of sp³-hybridized carbons (Fsp3) is 0.500.